The molecule has 0 saturated heterocycles. The number of carbonyl (C=O) groups excluding carboxylic acids is 1. The Kier molecular flexibility index (Phi) is 6.07. The first-order valence-electron chi connectivity index (χ1n) is 10.1. The maximum atomic E-state index is 14.3. The second-order valence-corrected chi connectivity index (χ2v) is 7.58. The summed E-state index contributed by atoms with van der Waals surface area (Å²) in [6.07, 6.45) is 0.147. The Morgan fingerprint density at radius 2 is 1.84 bits per heavy atom. The SMILES string of the molecule is Cc1ccccc1C1=NO[C@@H](CN(Cc2cccc(F)c2)C(=O)c2ccccc2F)C1. The Labute approximate surface area is 179 Å². The predicted molar refractivity (Wildman–Crippen MR) is 115 cm³/mol. The standard InChI is InChI=1S/C25H22F2N2O2/c1-17-7-2-3-10-21(17)24-14-20(31-28-24)16-29(15-18-8-6-9-19(26)13-18)25(30)22-11-4-5-12-23(22)27/h2-13,20H,14-16H2,1H3/t20-/m1/s1. The van der Waals surface area contributed by atoms with Crippen molar-refractivity contribution < 1.29 is 18.4 Å². The van der Waals surface area contributed by atoms with Gasteiger partial charge < -0.3 is 9.74 Å². The Bertz CT molecular complexity index is 1130. The van der Waals surface area contributed by atoms with Crippen LogP contribution in [0.25, 0.3) is 0 Å². The van der Waals surface area contributed by atoms with E-state index in [0.29, 0.717) is 12.0 Å². The number of rotatable bonds is 6. The molecular weight excluding hydrogens is 398 g/mol. The molecule has 4 rings (SSSR count). The second kappa shape index (κ2) is 9.08. The average molecular weight is 420 g/mol. The third kappa shape index (κ3) is 4.79. The molecule has 0 saturated carbocycles. The second-order valence-electron chi connectivity index (χ2n) is 7.58. The van der Waals surface area contributed by atoms with Crippen LogP contribution in [0.15, 0.2) is 78.0 Å². The molecule has 4 nitrogen and oxygen atoms in total. The van der Waals surface area contributed by atoms with Gasteiger partial charge in [0.2, 0.25) is 0 Å². The molecule has 3 aromatic carbocycles. The van der Waals surface area contributed by atoms with Gasteiger partial charge in [-0.15, -0.1) is 0 Å². The third-order valence-corrected chi connectivity index (χ3v) is 5.27. The van der Waals surface area contributed by atoms with Crippen molar-refractivity contribution in [3.05, 3.63) is 107 Å². The summed E-state index contributed by atoms with van der Waals surface area (Å²) in [5.74, 6) is -1.46. The molecule has 0 fully saturated rings. The highest BCUT2D eigenvalue weighted by Crippen LogP contribution is 2.22. The normalized spacial score (nSPS) is 15.3. The largest absolute Gasteiger partial charge is 0.390 e. The predicted octanol–water partition coefficient (Wildman–Crippen LogP) is 5.11. The van der Waals surface area contributed by atoms with Gasteiger partial charge in [0.25, 0.3) is 5.91 Å². The highest BCUT2D eigenvalue weighted by molar-refractivity contribution is 6.02. The molecule has 1 aliphatic rings. The number of halogens is 2. The lowest BCUT2D eigenvalue weighted by Gasteiger charge is -2.25. The molecular formula is C25H22F2N2O2. The van der Waals surface area contributed by atoms with Gasteiger partial charge in [-0.2, -0.15) is 0 Å². The number of nitrogens with zero attached hydrogens (tertiary/aromatic N) is 2. The summed E-state index contributed by atoms with van der Waals surface area (Å²) < 4.78 is 28.0. The Morgan fingerprint density at radius 1 is 1.06 bits per heavy atom. The van der Waals surface area contributed by atoms with E-state index in [-0.39, 0.29) is 24.8 Å². The Morgan fingerprint density at radius 3 is 2.61 bits per heavy atom. The minimum atomic E-state index is -0.596. The topological polar surface area (TPSA) is 41.9 Å². The molecule has 6 heteroatoms. The van der Waals surface area contributed by atoms with Crippen LogP contribution in [-0.2, 0) is 11.4 Å². The van der Waals surface area contributed by atoms with Crippen LogP contribution in [0.4, 0.5) is 8.78 Å². The van der Waals surface area contributed by atoms with Crippen molar-refractivity contribution >= 4 is 11.6 Å². The van der Waals surface area contributed by atoms with Crippen LogP contribution in [0.3, 0.4) is 0 Å². The van der Waals surface area contributed by atoms with Gasteiger partial charge in [-0.05, 0) is 42.3 Å². The summed E-state index contributed by atoms with van der Waals surface area (Å²) in [6.45, 7) is 2.33. The smallest absolute Gasteiger partial charge is 0.257 e. The number of aryl methyl sites for hydroxylation is 1. The van der Waals surface area contributed by atoms with E-state index in [1.165, 1.54) is 35.2 Å². The molecule has 1 atom stereocenters. The molecule has 0 unspecified atom stereocenters. The summed E-state index contributed by atoms with van der Waals surface area (Å²) in [5, 5.41) is 4.22. The highest BCUT2D eigenvalue weighted by atomic mass is 19.1. The number of oxime groups is 1. The van der Waals surface area contributed by atoms with E-state index in [4.69, 9.17) is 4.84 Å². The molecule has 3 aromatic rings. The minimum absolute atomic E-state index is 0.0306. The summed E-state index contributed by atoms with van der Waals surface area (Å²) in [7, 11) is 0. The lowest BCUT2D eigenvalue weighted by atomic mass is 10.00. The average Bonchev–Trinajstić information content (AvgIpc) is 3.22. The summed E-state index contributed by atoms with van der Waals surface area (Å²) in [6, 6.07) is 19.8. The molecule has 31 heavy (non-hydrogen) atoms. The van der Waals surface area contributed by atoms with Crippen LogP contribution >= 0.6 is 0 Å². The highest BCUT2D eigenvalue weighted by Gasteiger charge is 2.28. The van der Waals surface area contributed by atoms with E-state index in [1.54, 1.807) is 18.2 Å². The third-order valence-electron chi connectivity index (χ3n) is 5.27. The first-order chi connectivity index (χ1) is 15.0. The number of benzene rings is 3. The molecule has 1 aliphatic heterocycles. The van der Waals surface area contributed by atoms with Gasteiger partial charge >= 0.3 is 0 Å². The fourth-order valence-electron chi connectivity index (χ4n) is 3.71. The van der Waals surface area contributed by atoms with Crippen LogP contribution in [0.1, 0.15) is 33.5 Å². The quantitative estimate of drug-likeness (QED) is 0.556. The number of hydrogen-bond acceptors (Lipinski definition) is 3. The molecule has 0 N–H and O–H groups in total. The fraction of sp³-hybridized carbons (Fsp3) is 0.200. The van der Waals surface area contributed by atoms with Crippen LogP contribution in [0.5, 0.6) is 0 Å². The van der Waals surface area contributed by atoms with Gasteiger partial charge in [0.1, 0.15) is 11.6 Å². The first-order valence-corrected chi connectivity index (χ1v) is 10.1. The minimum Gasteiger partial charge on any atom is -0.390 e. The lowest BCUT2D eigenvalue weighted by molar-refractivity contribution is 0.0402. The molecule has 0 bridgehead atoms. The zero-order valence-corrected chi connectivity index (χ0v) is 17.1. The summed E-state index contributed by atoms with van der Waals surface area (Å²) in [4.78, 5) is 20.2. The van der Waals surface area contributed by atoms with E-state index < -0.39 is 17.5 Å². The van der Waals surface area contributed by atoms with Crippen LogP contribution in [0.2, 0.25) is 0 Å². The van der Waals surface area contributed by atoms with E-state index in [2.05, 4.69) is 5.16 Å². The first kappa shape index (κ1) is 20.7. The molecule has 1 amide bonds. The molecule has 1 heterocycles. The van der Waals surface area contributed by atoms with Crippen molar-refractivity contribution in [2.45, 2.75) is 26.0 Å². The van der Waals surface area contributed by atoms with Crippen molar-refractivity contribution in [3.8, 4) is 0 Å². The lowest BCUT2D eigenvalue weighted by Crippen LogP contribution is -2.37. The molecule has 158 valence electrons. The van der Waals surface area contributed by atoms with Crippen molar-refractivity contribution in [2.24, 2.45) is 5.16 Å². The molecule has 0 spiro atoms. The zero-order chi connectivity index (χ0) is 21.8. The van der Waals surface area contributed by atoms with Gasteiger partial charge in [0.05, 0.1) is 17.8 Å². The maximum Gasteiger partial charge on any atom is 0.257 e. The van der Waals surface area contributed by atoms with E-state index in [0.717, 1.165) is 16.8 Å². The number of hydrogen-bond donors (Lipinski definition) is 0. The van der Waals surface area contributed by atoms with E-state index in [1.807, 2.05) is 31.2 Å². The van der Waals surface area contributed by atoms with Crippen molar-refractivity contribution in [3.63, 3.8) is 0 Å². The van der Waals surface area contributed by atoms with Gasteiger partial charge in [-0.3, -0.25) is 4.79 Å². The fourth-order valence-corrected chi connectivity index (χ4v) is 3.71. The van der Waals surface area contributed by atoms with Crippen molar-refractivity contribution in [1.82, 2.24) is 4.90 Å². The summed E-state index contributed by atoms with van der Waals surface area (Å²) >= 11 is 0. The van der Waals surface area contributed by atoms with Gasteiger partial charge in [-0.25, -0.2) is 8.78 Å². The summed E-state index contributed by atoms with van der Waals surface area (Å²) in [5.41, 5.74) is 3.48. The zero-order valence-electron chi connectivity index (χ0n) is 17.1. The van der Waals surface area contributed by atoms with E-state index >= 15 is 0 Å². The Balaban J connectivity index is 1.54. The van der Waals surface area contributed by atoms with Gasteiger partial charge in [0.15, 0.2) is 6.10 Å². The van der Waals surface area contributed by atoms with E-state index in [9.17, 15) is 13.6 Å². The Hall–Kier alpha value is -3.54. The van der Waals surface area contributed by atoms with Gasteiger partial charge in [-0.1, -0.05) is 53.7 Å². The maximum absolute atomic E-state index is 14.3. The monoisotopic (exact) mass is 420 g/mol. The molecule has 0 aromatic heterocycles. The van der Waals surface area contributed by atoms with Crippen molar-refractivity contribution in [2.75, 3.05) is 6.54 Å². The van der Waals surface area contributed by atoms with Crippen LogP contribution < -0.4 is 0 Å². The molecule has 0 radical (unpaired) electrons. The molecule has 0 aliphatic carbocycles. The number of amides is 1. The number of carbonyl (C=O) groups is 1. The van der Waals surface area contributed by atoms with Crippen molar-refractivity contribution in [1.29, 1.82) is 0 Å². The van der Waals surface area contributed by atoms with Gasteiger partial charge in [0, 0.05) is 18.5 Å². The van der Waals surface area contributed by atoms with Crippen LogP contribution in [0, 0.1) is 18.6 Å². The van der Waals surface area contributed by atoms with Crippen LogP contribution in [-0.4, -0.2) is 29.2 Å².